The molecule has 1 heterocycles. The summed E-state index contributed by atoms with van der Waals surface area (Å²) in [5, 5.41) is 4.53. The van der Waals surface area contributed by atoms with Gasteiger partial charge in [0.2, 0.25) is 0 Å². The van der Waals surface area contributed by atoms with Crippen LogP contribution in [0, 0.1) is 0 Å². The maximum absolute atomic E-state index is 12.8. The number of fused-ring (bicyclic) bond motifs is 1. The quantitative estimate of drug-likeness (QED) is 0.462. The van der Waals surface area contributed by atoms with Crippen LogP contribution in [0.3, 0.4) is 0 Å². The minimum Gasteiger partial charge on any atom is -0.346 e. The molecule has 3 aromatic carbocycles. The number of alkyl halides is 3. The van der Waals surface area contributed by atoms with Crippen LogP contribution >= 0.6 is 0 Å². The van der Waals surface area contributed by atoms with Gasteiger partial charge in [0.05, 0.1) is 17.8 Å². The number of pyridine rings is 1. The fourth-order valence-electron chi connectivity index (χ4n) is 3.29. The van der Waals surface area contributed by atoms with E-state index in [1.54, 1.807) is 18.3 Å². The van der Waals surface area contributed by atoms with Gasteiger partial charge in [-0.1, -0.05) is 42.5 Å². The minimum atomic E-state index is -4.37. The maximum Gasteiger partial charge on any atom is 0.416 e. The van der Waals surface area contributed by atoms with Gasteiger partial charge in [0, 0.05) is 11.8 Å². The molecule has 150 valence electrons. The average molecular weight is 406 g/mol. The Morgan fingerprint density at radius 2 is 1.70 bits per heavy atom. The van der Waals surface area contributed by atoms with Crippen molar-refractivity contribution in [3.63, 3.8) is 0 Å². The molecule has 4 rings (SSSR count). The van der Waals surface area contributed by atoms with Crippen molar-refractivity contribution >= 4 is 16.7 Å². The second-order valence-corrected chi connectivity index (χ2v) is 6.82. The van der Waals surface area contributed by atoms with E-state index >= 15 is 0 Å². The van der Waals surface area contributed by atoms with Crippen molar-refractivity contribution in [1.29, 1.82) is 0 Å². The average Bonchev–Trinajstić information content (AvgIpc) is 2.77. The van der Waals surface area contributed by atoms with Crippen molar-refractivity contribution in [3.05, 3.63) is 102 Å². The van der Waals surface area contributed by atoms with E-state index in [0.717, 1.165) is 34.2 Å². The zero-order valence-corrected chi connectivity index (χ0v) is 15.8. The standard InChI is InChI=1S/C24H17F3N2O/c25-24(26,27)19-10-7-16(8-11-19)21-6-3-4-17-14-18(9-12-22(17)21)23(30)29-15-20-5-1-2-13-28-20/h1-14H,15H2,(H,29,30). The summed E-state index contributed by atoms with van der Waals surface area (Å²) < 4.78 is 38.5. The van der Waals surface area contributed by atoms with Crippen LogP contribution in [-0.2, 0) is 12.7 Å². The Labute approximate surface area is 171 Å². The van der Waals surface area contributed by atoms with Crippen LogP contribution in [0.2, 0.25) is 0 Å². The third-order valence-electron chi connectivity index (χ3n) is 4.82. The first-order valence-corrected chi connectivity index (χ1v) is 9.30. The van der Waals surface area contributed by atoms with E-state index in [0.29, 0.717) is 17.7 Å². The van der Waals surface area contributed by atoms with E-state index < -0.39 is 11.7 Å². The van der Waals surface area contributed by atoms with Gasteiger partial charge < -0.3 is 5.32 Å². The Morgan fingerprint density at radius 1 is 0.900 bits per heavy atom. The summed E-state index contributed by atoms with van der Waals surface area (Å²) in [5.41, 5.74) is 2.07. The third-order valence-corrected chi connectivity index (χ3v) is 4.82. The van der Waals surface area contributed by atoms with Gasteiger partial charge in [-0.2, -0.15) is 13.2 Å². The second-order valence-electron chi connectivity index (χ2n) is 6.82. The highest BCUT2D eigenvalue weighted by Crippen LogP contribution is 2.33. The summed E-state index contributed by atoms with van der Waals surface area (Å²) in [6, 6.07) is 21.4. The number of nitrogens with one attached hydrogen (secondary N) is 1. The molecule has 1 amide bonds. The molecule has 0 aliphatic rings. The van der Waals surface area contributed by atoms with Gasteiger partial charge >= 0.3 is 6.18 Å². The molecule has 1 aromatic heterocycles. The Balaban J connectivity index is 1.60. The van der Waals surface area contributed by atoms with Crippen molar-refractivity contribution in [2.24, 2.45) is 0 Å². The second kappa shape index (κ2) is 7.99. The lowest BCUT2D eigenvalue weighted by Gasteiger charge is -2.11. The lowest BCUT2D eigenvalue weighted by Crippen LogP contribution is -2.23. The molecule has 0 saturated carbocycles. The Kier molecular flexibility index (Phi) is 5.23. The fraction of sp³-hybridized carbons (Fsp3) is 0.0833. The molecule has 0 aliphatic heterocycles. The number of nitrogens with zero attached hydrogens (tertiary/aromatic N) is 1. The molecule has 0 radical (unpaired) electrons. The number of benzene rings is 3. The molecule has 0 atom stereocenters. The van der Waals surface area contributed by atoms with Crippen LogP contribution in [0.1, 0.15) is 21.6 Å². The lowest BCUT2D eigenvalue weighted by atomic mass is 9.96. The van der Waals surface area contributed by atoms with Crippen molar-refractivity contribution < 1.29 is 18.0 Å². The normalized spacial score (nSPS) is 11.4. The topological polar surface area (TPSA) is 42.0 Å². The summed E-state index contributed by atoms with van der Waals surface area (Å²) in [5.74, 6) is -0.220. The number of carbonyl (C=O) groups excluding carboxylic acids is 1. The predicted molar refractivity (Wildman–Crippen MR) is 110 cm³/mol. The summed E-state index contributed by atoms with van der Waals surface area (Å²) in [7, 11) is 0. The molecule has 0 spiro atoms. The van der Waals surface area contributed by atoms with Gasteiger partial charge in [0.1, 0.15) is 0 Å². The summed E-state index contributed by atoms with van der Waals surface area (Å²) in [6.07, 6.45) is -2.70. The van der Waals surface area contributed by atoms with Gasteiger partial charge in [-0.25, -0.2) is 0 Å². The molecule has 0 bridgehead atoms. The van der Waals surface area contributed by atoms with Gasteiger partial charge in [0.25, 0.3) is 5.91 Å². The molecular formula is C24H17F3N2O. The molecular weight excluding hydrogens is 389 g/mol. The van der Waals surface area contributed by atoms with Gasteiger partial charge in [-0.3, -0.25) is 9.78 Å². The third kappa shape index (κ3) is 4.17. The Morgan fingerprint density at radius 3 is 2.40 bits per heavy atom. The van der Waals surface area contributed by atoms with Crippen LogP contribution in [0.4, 0.5) is 13.2 Å². The van der Waals surface area contributed by atoms with E-state index in [4.69, 9.17) is 0 Å². The summed E-state index contributed by atoms with van der Waals surface area (Å²) in [6.45, 7) is 0.323. The van der Waals surface area contributed by atoms with Crippen LogP contribution in [-0.4, -0.2) is 10.9 Å². The first-order valence-electron chi connectivity index (χ1n) is 9.30. The number of amides is 1. The fourth-order valence-corrected chi connectivity index (χ4v) is 3.29. The largest absolute Gasteiger partial charge is 0.416 e. The predicted octanol–water partition coefficient (Wildman–Crippen LogP) is 5.85. The molecule has 3 nitrogen and oxygen atoms in total. The van der Waals surface area contributed by atoms with Crippen LogP contribution in [0.25, 0.3) is 21.9 Å². The molecule has 30 heavy (non-hydrogen) atoms. The number of hydrogen-bond donors (Lipinski definition) is 1. The Hall–Kier alpha value is -3.67. The summed E-state index contributed by atoms with van der Waals surface area (Å²) >= 11 is 0. The monoisotopic (exact) mass is 406 g/mol. The Bertz CT molecular complexity index is 1190. The van der Waals surface area contributed by atoms with Gasteiger partial charge in [-0.15, -0.1) is 0 Å². The minimum absolute atomic E-state index is 0.220. The van der Waals surface area contributed by atoms with Gasteiger partial charge in [-0.05, 0) is 58.3 Å². The highest BCUT2D eigenvalue weighted by atomic mass is 19.4. The summed E-state index contributed by atoms with van der Waals surface area (Å²) in [4.78, 5) is 16.7. The number of carbonyl (C=O) groups is 1. The molecule has 1 N–H and O–H groups in total. The highest BCUT2D eigenvalue weighted by Gasteiger charge is 2.30. The van der Waals surface area contributed by atoms with Crippen LogP contribution in [0.15, 0.2) is 85.1 Å². The number of rotatable bonds is 4. The van der Waals surface area contributed by atoms with E-state index in [1.165, 1.54) is 12.1 Å². The van der Waals surface area contributed by atoms with E-state index in [9.17, 15) is 18.0 Å². The number of hydrogen-bond acceptors (Lipinski definition) is 2. The van der Waals surface area contributed by atoms with Crippen molar-refractivity contribution in [2.75, 3.05) is 0 Å². The smallest absolute Gasteiger partial charge is 0.346 e. The van der Waals surface area contributed by atoms with Gasteiger partial charge in [0.15, 0.2) is 0 Å². The van der Waals surface area contributed by atoms with Crippen molar-refractivity contribution in [1.82, 2.24) is 10.3 Å². The van der Waals surface area contributed by atoms with E-state index in [2.05, 4.69) is 10.3 Å². The molecule has 0 unspecified atom stereocenters. The van der Waals surface area contributed by atoms with E-state index in [-0.39, 0.29) is 5.91 Å². The lowest BCUT2D eigenvalue weighted by molar-refractivity contribution is -0.137. The zero-order valence-electron chi connectivity index (χ0n) is 15.8. The molecule has 0 saturated heterocycles. The highest BCUT2D eigenvalue weighted by molar-refractivity contribution is 6.02. The van der Waals surface area contributed by atoms with Crippen molar-refractivity contribution in [2.45, 2.75) is 12.7 Å². The van der Waals surface area contributed by atoms with Crippen LogP contribution in [0.5, 0.6) is 0 Å². The molecule has 0 aliphatic carbocycles. The number of halogens is 3. The number of aromatic nitrogens is 1. The SMILES string of the molecule is O=C(NCc1ccccn1)c1ccc2c(-c3ccc(C(F)(F)F)cc3)cccc2c1. The molecule has 0 fully saturated rings. The molecule has 6 heteroatoms. The van der Waals surface area contributed by atoms with E-state index in [1.807, 2.05) is 42.5 Å². The van der Waals surface area contributed by atoms with Crippen LogP contribution < -0.4 is 5.32 Å². The first-order chi connectivity index (χ1) is 14.4. The zero-order chi connectivity index (χ0) is 21.1. The van der Waals surface area contributed by atoms with Crippen molar-refractivity contribution in [3.8, 4) is 11.1 Å². The maximum atomic E-state index is 12.8. The first kappa shape index (κ1) is 19.6. The molecule has 4 aromatic rings.